The number of rotatable bonds is 7. The minimum atomic E-state index is -0.527. The summed E-state index contributed by atoms with van der Waals surface area (Å²) < 4.78 is 0. The molecule has 0 unspecified atom stereocenters. The number of hydrazine groups is 1. The van der Waals surface area contributed by atoms with Gasteiger partial charge in [0.25, 0.3) is 5.91 Å². The summed E-state index contributed by atoms with van der Waals surface area (Å²) in [6, 6.07) is 6.18. The molecular formula is C16H24N2O3. The Kier molecular flexibility index (Phi) is 7.29. The highest BCUT2D eigenvalue weighted by atomic mass is 16.3. The Labute approximate surface area is 125 Å². The van der Waals surface area contributed by atoms with E-state index in [0.29, 0.717) is 12.3 Å². The number of unbranched alkanes of at least 4 members (excludes halogenated alkanes) is 2. The van der Waals surface area contributed by atoms with Crippen molar-refractivity contribution in [3.8, 4) is 5.75 Å². The molecule has 0 aliphatic carbocycles. The van der Waals surface area contributed by atoms with Crippen molar-refractivity contribution in [3.63, 3.8) is 0 Å². The van der Waals surface area contributed by atoms with E-state index in [4.69, 9.17) is 0 Å². The Morgan fingerprint density at radius 1 is 1.10 bits per heavy atom. The van der Waals surface area contributed by atoms with Gasteiger partial charge >= 0.3 is 0 Å². The van der Waals surface area contributed by atoms with Crippen molar-refractivity contribution >= 4 is 11.8 Å². The van der Waals surface area contributed by atoms with E-state index in [-0.39, 0.29) is 17.2 Å². The van der Waals surface area contributed by atoms with Gasteiger partial charge in [-0.25, -0.2) is 0 Å². The van der Waals surface area contributed by atoms with Crippen LogP contribution in [0.2, 0.25) is 0 Å². The quantitative estimate of drug-likeness (QED) is 0.534. The molecule has 116 valence electrons. The summed E-state index contributed by atoms with van der Waals surface area (Å²) in [5.41, 5.74) is 4.79. The zero-order valence-electron chi connectivity index (χ0n) is 12.7. The lowest BCUT2D eigenvalue weighted by molar-refractivity contribution is -0.122. The van der Waals surface area contributed by atoms with E-state index in [1.165, 1.54) is 18.6 Å². The van der Waals surface area contributed by atoms with Crippen molar-refractivity contribution in [2.45, 2.75) is 46.0 Å². The van der Waals surface area contributed by atoms with Gasteiger partial charge in [-0.2, -0.15) is 0 Å². The zero-order chi connectivity index (χ0) is 15.7. The molecule has 3 N–H and O–H groups in total. The van der Waals surface area contributed by atoms with E-state index >= 15 is 0 Å². The van der Waals surface area contributed by atoms with E-state index in [9.17, 15) is 14.7 Å². The number of phenols is 1. The van der Waals surface area contributed by atoms with Crippen LogP contribution in [0.1, 0.15) is 56.3 Å². The summed E-state index contributed by atoms with van der Waals surface area (Å²) in [6.45, 7) is 4.36. The van der Waals surface area contributed by atoms with E-state index in [1.54, 1.807) is 12.1 Å². The third-order valence-electron chi connectivity index (χ3n) is 3.15. The molecule has 1 aromatic rings. The number of hydrogen-bond acceptors (Lipinski definition) is 3. The van der Waals surface area contributed by atoms with Crippen LogP contribution in [0.25, 0.3) is 0 Å². The van der Waals surface area contributed by atoms with Crippen molar-refractivity contribution in [2.24, 2.45) is 5.92 Å². The van der Waals surface area contributed by atoms with Gasteiger partial charge in [0.15, 0.2) is 0 Å². The smallest absolute Gasteiger partial charge is 0.273 e. The Hall–Kier alpha value is -2.04. The topological polar surface area (TPSA) is 78.4 Å². The van der Waals surface area contributed by atoms with Crippen molar-refractivity contribution < 1.29 is 14.7 Å². The van der Waals surface area contributed by atoms with Gasteiger partial charge in [0.2, 0.25) is 5.91 Å². The van der Waals surface area contributed by atoms with Gasteiger partial charge in [-0.3, -0.25) is 20.4 Å². The molecule has 0 saturated carbocycles. The Bertz CT molecular complexity index is 472. The lowest BCUT2D eigenvalue weighted by Gasteiger charge is -2.08. The number of carbonyl (C=O) groups is 2. The Balaban J connectivity index is 2.21. The molecule has 0 radical (unpaired) electrons. The molecule has 0 atom stereocenters. The van der Waals surface area contributed by atoms with Crippen LogP contribution in [0.3, 0.4) is 0 Å². The third-order valence-corrected chi connectivity index (χ3v) is 3.15. The molecule has 0 aromatic heterocycles. The number of phenolic OH excluding ortho intramolecular Hbond substituents is 1. The molecule has 5 nitrogen and oxygen atoms in total. The molecule has 2 amide bonds. The largest absolute Gasteiger partial charge is 0.507 e. The monoisotopic (exact) mass is 292 g/mol. The van der Waals surface area contributed by atoms with E-state index in [2.05, 4.69) is 24.7 Å². The summed E-state index contributed by atoms with van der Waals surface area (Å²) in [7, 11) is 0. The SMILES string of the molecule is CC(C)CCCCCC(=O)NNC(=O)c1ccccc1O. The Morgan fingerprint density at radius 3 is 2.48 bits per heavy atom. The standard InChI is InChI=1S/C16H24N2O3/c1-12(2)8-4-3-5-11-15(20)17-18-16(21)13-9-6-7-10-14(13)19/h6-7,9-10,12,19H,3-5,8,11H2,1-2H3,(H,17,20)(H,18,21). The van der Waals surface area contributed by atoms with Gasteiger partial charge in [-0.1, -0.05) is 45.2 Å². The number of amides is 2. The molecule has 21 heavy (non-hydrogen) atoms. The average molecular weight is 292 g/mol. The molecule has 0 saturated heterocycles. The van der Waals surface area contributed by atoms with Crippen LogP contribution in [0.15, 0.2) is 24.3 Å². The zero-order valence-corrected chi connectivity index (χ0v) is 12.7. The highest BCUT2D eigenvalue weighted by molar-refractivity contribution is 5.97. The minimum absolute atomic E-state index is 0.113. The molecule has 5 heteroatoms. The maximum atomic E-state index is 11.7. The molecule has 1 aromatic carbocycles. The second-order valence-corrected chi connectivity index (χ2v) is 5.51. The lowest BCUT2D eigenvalue weighted by atomic mass is 10.0. The van der Waals surface area contributed by atoms with Crippen molar-refractivity contribution in [1.82, 2.24) is 10.9 Å². The normalized spacial score (nSPS) is 10.4. The molecule has 0 fully saturated rings. The molecular weight excluding hydrogens is 268 g/mol. The number of hydrogen-bond donors (Lipinski definition) is 3. The summed E-state index contributed by atoms with van der Waals surface area (Å²) >= 11 is 0. The van der Waals surface area contributed by atoms with E-state index in [0.717, 1.165) is 19.3 Å². The first-order valence-corrected chi connectivity index (χ1v) is 7.38. The van der Waals surface area contributed by atoms with Crippen molar-refractivity contribution in [2.75, 3.05) is 0 Å². The molecule has 1 rings (SSSR count). The number of para-hydroxylation sites is 1. The molecule has 0 heterocycles. The van der Waals surface area contributed by atoms with Crippen LogP contribution in [0.5, 0.6) is 5.75 Å². The second-order valence-electron chi connectivity index (χ2n) is 5.51. The second kappa shape index (κ2) is 9.00. The van der Waals surface area contributed by atoms with Gasteiger partial charge < -0.3 is 5.11 Å². The van der Waals surface area contributed by atoms with Crippen molar-refractivity contribution in [1.29, 1.82) is 0 Å². The third kappa shape index (κ3) is 6.79. The first-order chi connectivity index (χ1) is 10.0. The van der Waals surface area contributed by atoms with Gasteiger partial charge in [0, 0.05) is 6.42 Å². The first kappa shape index (κ1) is 17.0. The van der Waals surface area contributed by atoms with Gasteiger partial charge in [-0.05, 0) is 24.5 Å². The van der Waals surface area contributed by atoms with Crippen molar-refractivity contribution in [3.05, 3.63) is 29.8 Å². The number of nitrogens with one attached hydrogen (secondary N) is 2. The van der Waals surface area contributed by atoms with Gasteiger partial charge in [0.05, 0.1) is 5.56 Å². The Morgan fingerprint density at radius 2 is 1.81 bits per heavy atom. The van der Waals surface area contributed by atoms with Crippen LogP contribution < -0.4 is 10.9 Å². The number of carbonyl (C=O) groups excluding carboxylic acids is 2. The highest BCUT2D eigenvalue weighted by Gasteiger charge is 2.10. The molecule has 0 aliphatic rings. The molecule has 0 spiro atoms. The molecule has 0 aliphatic heterocycles. The van der Waals surface area contributed by atoms with Crippen LogP contribution >= 0.6 is 0 Å². The lowest BCUT2D eigenvalue weighted by Crippen LogP contribution is -2.41. The predicted molar refractivity (Wildman–Crippen MR) is 81.6 cm³/mol. The predicted octanol–water partition coefficient (Wildman–Crippen LogP) is 2.76. The average Bonchev–Trinajstić information content (AvgIpc) is 2.44. The van der Waals surface area contributed by atoms with Gasteiger partial charge in [0.1, 0.15) is 5.75 Å². The minimum Gasteiger partial charge on any atom is -0.507 e. The van der Waals surface area contributed by atoms with Crippen LogP contribution in [-0.4, -0.2) is 16.9 Å². The van der Waals surface area contributed by atoms with E-state index in [1.807, 2.05) is 0 Å². The van der Waals surface area contributed by atoms with Crippen LogP contribution in [-0.2, 0) is 4.79 Å². The summed E-state index contributed by atoms with van der Waals surface area (Å²) in [6.07, 6.45) is 4.50. The maximum absolute atomic E-state index is 11.7. The fourth-order valence-electron chi connectivity index (χ4n) is 1.94. The van der Waals surface area contributed by atoms with Crippen LogP contribution in [0.4, 0.5) is 0 Å². The maximum Gasteiger partial charge on any atom is 0.273 e. The fraction of sp³-hybridized carbons (Fsp3) is 0.500. The summed E-state index contributed by atoms with van der Waals surface area (Å²) in [4.78, 5) is 23.3. The summed E-state index contributed by atoms with van der Waals surface area (Å²) in [5.74, 6) is -0.167. The highest BCUT2D eigenvalue weighted by Crippen LogP contribution is 2.14. The fourth-order valence-corrected chi connectivity index (χ4v) is 1.94. The van der Waals surface area contributed by atoms with Crippen LogP contribution in [0, 0.1) is 5.92 Å². The number of aromatic hydroxyl groups is 1. The molecule has 0 bridgehead atoms. The van der Waals surface area contributed by atoms with E-state index < -0.39 is 5.91 Å². The number of benzene rings is 1. The van der Waals surface area contributed by atoms with Gasteiger partial charge in [-0.15, -0.1) is 0 Å². The first-order valence-electron chi connectivity index (χ1n) is 7.38. The summed E-state index contributed by atoms with van der Waals surface area (Å²) in [5, 5.41) is 9.52.